The lowest BCUT2D eigenvalue weighted by Crippen LogP contribution is -2.36. The lowest BCUT2D eigenvalue weighted by Gasteiger charge is -2.34. The number of rotatable bonds is 5. The summed E-state index contributed by atoms with van der Waals surface area (Å²) in [4.78, 5) is 27.0. The third kappa shape index (κ3) is 3.59. The molecular weight excluding hydrogens is 421 g/mol. The number of benzene rings is 2. The van der Waals surface area contributed by atoms with Crippen LogP contribution in [0.1, 0.15) is 18.4 Å². The van der Waals surface area contributed by atoms with Crippen molar-refractivity contribution < 1.29 is 18.0 Å². The fraction of sp³-hybridized carbons (Fsp3) is 0.217. The highest BCUT2D eigenvalue weighted by atomic mass is 19.1. The van der Waals surface area contributed by atoms with E-state index in [0.29, 0.717) is 35.9 Å². The third-order valence-corrected chi connectivity index (χ3v) is 6.07. The molecular formula is C23H19F3N4O2. The Kier molecular flexibility index (Phi) is 4.88. The van der Waals surface area contributed by atoms with Crippen LogP contribution < -0.4 is 10.9 Å². The minimum Gasteiger partial charge on any atom is -0.352 e. The quantitative estimate of drug-likeness (QED) is 0.369. The highest BCUT2D eigenvalue weighted by Gasteiger charge is 2.36. The van der Waals surface area contributed by atoms with Crippen molar-refractivity contribution in [2.75, 3.05) is 5.32 Å². The van der Waals surface area contributed by atoms with Crippen molar-refractivity contribution in [3.8, 4) is 11.3 Å². The fourth-order valence-electron chi connectivity index (χ4n) is 4.39. The molecule has 4 aromatic rings. The second-order valence-electron chi connectivity index (χ2n) is 8.18. The molecule has 0 aliphatic heterocycles. The van der Waals surface area contributed by atoms with Gasteiger partial charge in [0.05, 0.1) is 5.52 Å². The Hall–Kier alpha value is -3.75. The van der Waals surface area contributed by atoms with E-state index >= 15 is 0 Å². The van der Waals surface area contributed by atoms with Gasteiger partial charge in [-0.05, 0) is 66.6 Å². The Morgan fingerprint density at radius 1 is 1.06 bits per heavy atom. The number of nitrogens with one attached hydrogen (secondary N) is 4. The standard InChI is InChI=1S/C23H19F3N4O2/c24-14-3-1-12(2-4-14)20-16(17-8-15(25)9-18(26)21(17)29-20)7-11-5-13(6-11)22(31)28-19-10-27-30-23(19)32/h1-4,8-11,13,29H,5-7H2,(H,28,31)(H2,27,30,32). The molecule has 0 radical (unpaired) electrons. The molecule has 1 aliphatic carbocycles. The molecule has 1 fully saturated rings. The van der Waals surface area contributed by atoms with Crippen LogP contribution in [0.15, 0.2) is 47.4 Å². The number of aromatic amines is 3. The summed E-state index contributed by atoms with van der Waals surface area (Å²) >= 11 is 0. The van der Waals surface area contributed by atoms with E-state index in [1.54, 1.807) is 12.1 Å². The van der Waals surface area contributed by atoms with E-state index in [2.05, 4.69) is 20.5 Å². The van der Waals surface area contributed by atoms with Crippen LogP contribution in [-0.2, 0) is 11.2 Å². The smallest absolute Gasteiger partial charge is 0.287 e. The van der Waals surface area contributed by atoms with E-state index in [1.165, 1.54) is 24.4 Å². The maximum atomic E-state index is 14.4. The average molecular weight is 440 g/mol. The Morgan fingerprint density at radius 3 is 2.50 bits per heavy atom. The number of carbonyl (C=O) groups is 1. The van der Waals surface area contributed by atoms with Crippen LogP contribution in [0, 0.1) is 29.3 Å². The van der Waals surface area contributed by atoms with Crippen LogP contribution in [0.25, 0.3) is 22.2 Å². The maximum absolute atomic E-state index is 14.4. The zero-order valence-corrected chi connectivity index (χ0v) is 16.8. The molecule has 0 bridgehead atoms. The van der Waals surface area contributed by atoms with E-state index in [9.17, 15) is 22.8 Å². The van der Waals surface area contributed by atoms with Gasteiger partial charge in [-0.25, -0.2) is 13.2 Å². The second-order valence-corrected chi connectivity index (χ2v) is 8.18. The molecule has 2 heterocycles. The van der Waals surface area contributed by atoms with Crippen LogP contribution in [0.3, 0.4) is 0 Å². The minimum atomic E-state index is -0.697. The number of aromatic nitrogens is 3. The van der Waals surface area contributed by atoms with Gasteiger partial charge in [-0.3, -0.25) is 14.7 Å². The number of carbonyl (C=O) groups excluding carboxylic acids is 1. The van der Waals surface area contributed by atoms with Gasteiger partial charge < -0.3 is 15.4 Å². The first-order valence-electron chi connectivity index (χ1n) is 10.2. The number of halogens is 3. The van der Waals surface area contributed by atoms with Crippen molar-refractivity contribution in [3.63, 3.8) is 0 Å². The highest BCUT2D eigenvalue weighted by molar-refractivity contribution is 5.93. The largest absolute Gasteiger partial charge is 0.352 e. The van der Waals surface area contributed by atoms with Gasteiger partial charge in [0.15, 0.2) is 0 Å². The summed E-state index contributed by atoms with van der Waals surface area (Å²) in [5.41, 5.74) is 1.96. The molecule has 0 saturated heterocycles. The molecule has 32 heavy (non-hydrogen) atoms. The van der Waals surface area contributed by atoms with E-state index < -0.39 is 23.0 Å². The maximum Gasteiger partial charge on any atom is 0.287 e. The molecule has 9 heteroatoms. The van der Waals surface area contributed by atoms with Crippen molar-refractivity contribution in [3.05, 3.63) is 76.0 Å². The first-order chi connectivity index (χ1) is 15.4. The minimum absolute atomic E-state index is 0.125. The SMILES string of the molecule is O=C(Nc1c[nH][nH]c1=O)C1CC(Cc2c(-c3ccc(F)cc3)[nH]c3c(F)cc(F)cc23)C1. The summed E-state index contributed by atoms with van der Waals surface area (Å²) in [5.74, 6) is -2.12. The van der Waals surface area contributed by atoms with Gasteiger partial charge in [0.1, 0.15) is 23.1 Å². The van der Waals surface area contributed by atoms with Crippen LogP contribution in [-0.4, -0.2) is 21.1 Å². The molecule has 164 valence electrons. The van der Waals surface area contributed by atoms with E-state index in [-0.39, 0.29) is 28.9 Å². The van der Waals surface area contributed by atoms with Crippen molar-refractivity contribution >= 4 is 22.5 Å². The van der Waals surface area contributed by atoms with Gasteiger partial charge in [-0.2, -0.15) is 0 Å². The molecule has 1 saturated carbocycles. The zero-order chi connectivity index (χ0) is 22.4. The summed E-state index contributed by atoms with van der Waals surface area (Å²) in [5, 5.41) is 7.93. The topological polar surface area (TPSA) is 93.5 Å². The summed E-state index contributed by atoms with van der Waals surface area (Å²) in [6.45, 7) is 0. The number of fused-ring (bicyclic) bond motifs is 1. The number of amides is 1. The molecule has 1 aliphatic rings. The molecule has 6 nitrogen and oxygen atoms in total. The number of anilines is 1. The van der Waals surface area contributed by atoms with Crippen LogP contribution in [0.4, 0.5) is 18.9 Å². The summed E-state index contributed by atoms with van der Waals surface area (Å²) in [6, 6.07) is 7.91. The lowest BCUT2D eigenvalue weighted by molar-refractivity contribution is -0.123. The van der Waals surface area contributed by atoms with E-state index in [4.69, 9.17) is 0 Å². The van der Waals surface area contributed by atoms with Gasteiger partial charge >= 0.3 is 0 Å². The van der Waals surface area contributed by atoms with Crippen LogP contribution >= 0.6 is 0 Å². The van der Waals surface area contributed by atoms with Crippen molar-refractivity contribution in [2.24, 2.45) is 11.8 Å². The van der Waals surface area contributed by atoms with Gasteiger partial charge in [0.25, 0.3) is 5.56 Å². The number of hydrogen-bond acceptors (Lipinski definition) is 2. The van der Waals surface area contributed by atoms with Crippen molar-refractivity contribution in [2.45, 2.75) is 19.3 Å². The van der Waals surface area contributed by atoms with Gasteiger partial charge in [0.2, 0.25) is 5.91 Å². The lowest BCUT2D eigenvalue weighted by atomic mass is 9.71. The van der Waals surface area contributed by atoms with Crippen LogP contribution in [0.2, 0.25) is 0 Å². The molecule has 4 N–H and O–H groups in total. The van der Waals surface area contributed by atoms with E-state index in [0.717, 1.165) is 11.6 Å². The van der Waals surface area contributed by atoms with Gasteiger partial charge in [0, 0.05) is 29.3 Å². The number of H-pyrrole nitrogens is 3. The second kappa shape index (κ2) is 7.74. The van der Waals surface area contributed by atoms with Gasteiger partial charge in [-0.1, -0.05) is 0 Å². The first-order valence-corrected chi connectivity index (χ1v) is 10.2. The molecule has 5 rings (SSSR count). The summed E-state index contributed by atoms with van der Waals surface area (Å²) in [7, 11) is 0. The van der Waals surface area contributed by atoms with Crippen LogP contribution in [0.5, 0.6) is 0 Å². The summed E-state index contributed by atoms with van der Waals surface area (Å²) < 4.78 is 41.8. The molecule has 1 amide bonds. The van der Waals surface area contributed by atoms with Crippen molar-refractivity contribution in [1.29, 1.82) is 0 Å². The number of hydrogen-bond donors (Lipinski definition) is 4. The van der Waals surface area contributed by atoms with Gasteiger partial charge in [-0.15, -0.1) is 0 Å². The Labute approximate surface area is 179 Å². The predicted molar refractivity (Wildman–Crippen MR) is 114 cm³/mol. The molecule has 0 unspecified atom stereocenters. The average Bonchev–Trinajstić information content (AvgIpc) is 3.28. The Bertz CT molecular complexity index is 1360. The predicted octanol–water partition coefficient (Wildman–Crippen LogP) is 4.48. The monoisotopic (exact) mass is 440 g/mol. The summed E-state index contributed by atoms with van der Waals surface area (Å²) in [6.07, 6.45) is 3.06. The highest BCUT2D eigenvalue weighted by Crippen LogP contribution is 2.41. The fourth-order valence-corrected chi connectivity index (χ4v) is 4.39. The Morgan fingerprint density at radius 2 is 1.81 bits per heavy atom. The Balaban J connectivity index is 1.40. The van der Waals surface area contributed by atoms with Crippen molar-refractivity contribution in [1.82, 2.24) is 15.2 Å². The molecule has 2 aromatic carbocycles. The van der Waals surface area contributed by atoms with E-state index in [1.807, 2.05) is 0 Å². The zero-order valence-electron chi connectivity index (χ0n) is 16.8. The molecule has 2 aromatic heterocycles. The first kappa shape index (κ1) is 20.2. The molecule has 0 atom stereocenters. The third-order valence-electron chi connectivity index (χ3n) is 6.07. The molecule has 0 spiro atoms. The normalized spacial score (nSPS) is 18.0.